The van der Waals surface area contributed by atoms with E-state index >= 15 is 0 Å². The van der Waals surface area contributed by atoms with Crippen LogP contribution < -0.4 is 4.72 Å². The van der Waals surface area contributed by atoms with E-state index in [0.29, 0.717) is 27.9 Å². The number of nitrogens with one attached hydrogen (secondary N) is 4. The topological polar surface area (TPSA) is 145 Å². The Bertz CT molecular complexity index is 1840. The maximum absolute atomic E-state index is 14.5. The third-order valence-corrected chi connectivity index (χ3v) is 6.48. The molecule has 0 aliphatic rings. The number of aromatic nitrogens is 7. The van der Waals surface area contributed by atoms with Crippen LogP contribution >= 0.6 is 0 Å². The van der Waals surface area contributed by atoms with Crippen LogP contribution in [-0.4, -0.2) is 50.0 Å². The van der Waals surface area contributed by atoms with Crippen LogP contribution in [0, 0.1) is 5.82 Å². The molecular formula is C24H19FN8O2S. The summed E-state index contributed by atoms with van der Waals surface area (Å²) in [6.45, 7) is -0.0185. The van der Waals surface area contributed by atoms with Gasteiger partial charge in [-0.15, -0.1) is 0 Å². The number of rotatable bonds is 6. The quantitative estimate of drug-likeness (QED) is 0.273. The zero-order valence-electron chi connectivity index (χ0n) is 18.9. The second-order valence-corrected chi connectivity index (χ2v) is 10.3. The van der Waals surface area contributed by atoms with E-state index in [-0.39, 0.29) is 6.54 Å². The van der Waals surface area contributed by atoms with E-state index in [1.165, 1.54) is 12.1 Å². The van der Waals surface area contributed by atoms with E-state index in [2.05, 4.69) is 35.1 Å². The monoisotopic (exact) mass is 502 g/mol. The first-order valence-electron chi connectivity index (χ1n) is 10.9. The largest absolute Gasteiger partial charge is 0.352 e. The molecule has 0 amide bonds. The summed E-state index contributed by atoms with van der Waals surface area (Å²) in [5, 5.41) is 15.1. The van der Waals surface area contributed by atoms with E-state index in [4.69, 9.17) is 4.98 Å². The Balaban J connectivity index is 1.44. The highest BCUT2D eigenvalue weighted by molar-refractivity contribution is 7.88. The fraction of sp³-hybridized carbons (Fsp3) is 0.0833. The molecule has 0 atom stereocenters. The minimum Gasteiger partial charge on any atom is -0.352 e. The minimum absolute atomic E-state index is 0.0185. The van der Waals surface area contributed by atoms with Gasteiger partial charge in [0, 0.05) is 35.5 Å². The highest BCUT2D eigenvalue weighted by Crippen LogP contribution is 2.34. The SMILES string of the molecule is CS(=O)(=O)NCc1cc(F)cc(-c2cncc3[nH]c(-c4n[nH]c5ccc(-c6cn[nH]c6)nc45)cc23)c1. The molecule has 6 aromatic rings. The highest BCUT2D eigenvalue weighted by Gasteiger charge is 2.16. The lowest BCUT2D eigenvalue weighted by atomic mass is 10.0. The Morgan fingerprint density at radius 2 is 1.92 bits per heavy atom. The summed E-state index contributed by atoms with van der Waals surface area (Å²) in [7, 11) is -3.42. The van der Waals surface area contributed by atoms with Gasteiger partial charge in [0.15, 0.2) is 0 Å². The summed E-state index contributed by atoms with van der Waals surface area (Å²) in [4.78, 5) is 12.4. The van der Waals surface area contributed by atoms with Crippen molar-refractivity contribution in [2.24, 2.45) is 0 Å². The lowest BCUT2D eigenvalue weighted by molar-refractivity contribution is 0.586. The molecule has 180 valence electrons. The summed E-state index contributed by atoms with van der Waals surface area (Å²) in [6.07, 6.45) is 7.87. The summed E-state index contributed by atoms with van der Waals surface area (Å²) in [5.41, 5.74) is 6.96. The van der Waals surface area contributed by atoms with Gasteiger partial charge < -0.3 is 4.98 Å². The molecule has 5 aromatic heterocycles. The van der Waals surface area contributed by atoms with Crippen LogP contribution in [0.2, 0.25) is 0 Å². The molecule has 0 radical (unpaired) electrons. The van der Waals surface area contributed by atoms with Crippen LogP contribution in [0.5, 0.6) is 0 Å². The smallest absolute Gasteiger partial charge is 0.209 e. The van der Waals surface area contributed by atoms with Crippen molar-refractivity contribution in [2.45, 2.75) is 6.54 Å². The van der Waals surface area contributed by atoms with Gasteiger partial charge >= 0.3 is 0 Å². The molecule has 0 aliphatic carbocycles. The lowest BCUT2D eigenvalue weighted by Crippen LogP contribution is -2.21. The second kappa shape index (κ2) is 8.36. The molecule has 1 aromatic carbocycles. The van der Waals surface area contributed by atoms with E-state index < -0.39 is 15.8 Å². The zero-order valence-corrected chi connectivity index (χ0v) is 19.7. The van der Waals surface area contributed by atoms with Crippen LogP contribution in [-0.2, 0) is 16.6 Å². The maximum atomic E-state index is 14.5. The van der Waals surface area contributed by atoms with Crippen molar-refractivity contribution < 1.29 is 12.8 Å². The summed E-state index contributed by atoms with van der Waals surface area (Å²) < 4.78 is 39.8. The molecule has 0 spiro atoms. The van der Waals surface area contributed by atoms with Gasteiger partial charge in [-0.05, 0) is 47.5 Å². The highest BCUT2D eigenvalue weighted by atomic mass is 32.2. The molecule has 0 fully saturated rings. The van der Waals surface area contributed by atoms with E-state index in [9.17, 15) is 12.8 Å². The van der Waals surface area contributed by atoms with Crippen LogP contribution in [0.1, 0.15) is 5.56 Å². The van der Waals surface area contributed by atoms with Crippen molar-refractivity contribution in [1.82, 2.24) is 40.1 Å². The normalized spacial score (nSPS) is 12.1. The van der Waals surface area contributed by atoms with Gasteiger partial charge in [-0.25, -0.2) is 22.5 Å². The molecular weight excluding hydrogens is 483 g/mol. The predicted octanol–water partition coefficient (Wildman–Crippen LogP) is 3.75. The molecule has 0 unspecified atom stereocenters. The predicted molar refractivity (Wildman–Crippen MR) is 134 cm³/mol. The van der Waals surface area contributed by atoms with Crippen LogP contribution in [0.25, 0.3) is 55.7 Å². The summed E-state index contributed by atoms with van der Waals surface area (Å²) >= 11 is 0. The Kier molecular flexibility index (Phi) is 5.12. The molecule has 0 saturated carbocycles. The Labute approximate surface area is 204 Å². The molecule has 10 nitrogen and oxygen atoms in total. The van der Waals surface area contributed by atoms with Gasteiger partial charge in [-0.1, -0.05) is 0 Å². The van der Waals surface area contributed by atoms with E-state index in [0.717, 1.165) is 39.6 Å². The molecule has 0 saturated heterocycles. The standard InChI is InChI=1S/C24H19FN8O2S/c1-36(34,35)29-8-13-4-14(6-16(25)5-13)18-11-26-12-22-17(18)7-21(30-22)24-23-20(32-33-24)3-2-19(31-23)15-9-27-28-10-15/h2-7,9-12,29-30H,8H2,1H3,(H,27,28)(H,32,33). The third-order valence-electron chi connectivity index (χ3n) is 5.81. The van der Waals surface area contributed by atoms with Crippen molar-refractivity contribution >= 4 is 32.0 Å². The molecule has 4 N–H and O–H groups in total. The number of aromatic amines is 3. The van der Waals surface area contributed by atoms with E-state index in [1.54, 1.807) is 30.9 Å². The number of sulfonamides is 1. The van der Waals surface area contributed by atoms with Crippen molar-refractivity contribution in [3.8, 4) is 33.8 Å². The third kappa shape index (κ3) is 4.12. The Morgan fingerprint density at radius 3 is 2.72 bits per heavy atom. The summed E-state index contributed by atoms with van der Waals surface area (Å²) in [5.74, 6) is -0.472. The molecule has 36 heavy (non-hydrogen) atoms. The van der Waals surface area contributed by atoms with Gasteiger partial charge in [0.05, 0.1) is 41.1 Å². The van der Waals surface area contributed by atoms with Gasteiger partial charge in [0.1, 0.15) is 17.0 Å². The number of nitrogens with zero attached hydrogens (tertiary/aromatic N) is 4. The van der Waals surface area contributed by atoms with Crippen molar-refractivity contribution in [3.05, 3.63) is 72.6 Å². The molecule has 12 heteroatoms. The fourth-order valence-electron chi connectivity index (χ4n) is 4.17. The number of hydrogen-bond acceptors (Lipinski definition) is 6. The van der Waals surface area contributed by atoms with Crippen LogP contribution in [0.4, 0.5) is 4.39 Å². The number of pyridine rings is 2. The number of hydrogen-bond donors (Lipinski definition) is 4. The van der Waals surface area contributed by atoms with Crippen LogP contribution in [0.3, 0.4) is 0 Å². The summed E-state index contributed by atoms with van der Waals surface area (Å²) in [6, 6.07) is 10.2. The maximum Gasteiger partial charge on any atom is 0.209 e. The number of fused-ring (bicyclic) bond motifs is 2. The zero-order chi connectivity index (χ0) is 24.9. The lowest BCUT2D eigenvalue weighted by Gasteiger charge is -2.08. The van der Waals surface area contributed by atoms with Gasteiger partial charge in [-0.3, -0.25) is 15.2 Å². The minimum atomic E-state index is -3.42. The Hall–Kier alpha value is -4.42. The first kappa shape index (κ1) is 22.1. The second-order valence-electron chi connectivity index (χ2n) is 8.42. The van der Waals surface area contributed by atoms with Crippen molar-refractivity contribution in [2.75, 3.05) is 6.26 Å². The number of halogens is 1. The first-order valence-corrected chi connectivity index (χ1v) is 12.8. The average molecular weight is 503 g/mol. The number of benzene rings is 1. The van der Waals surface area contributed by atoms with Crippen LogP contribution in [0.15, 0.2) is 61.2 Å². The molecule has 6 rings (SSSR count). The average Bonchev–Trinajstić information content (AvgIpc) is 3.60. The molecule has 0 bridgehead atoms. The van der Waals surface area contributed by atoms with Gasteiger partial charge in [0.25, 0.3) is 0 Å². The Morgan fingerprint density at radius 1 is 1.03 bits per heavy atom. The fourth-order valence-corrected chi connectivity index (χ4v) is 4.60. The van der Waals surface area contributed by atoms with Crippen molar-refractivity contribution in [3.63, 3.8) is 0 Å². The first-order chi connectivity index (χ1) is 17.3. The van der Waals surface area contributed by atoms with Crippen molar-refractivity contribution in [1.29, 1.82) is 0 Å². The van der Waals surface area contributed by atoms with Gasteiger partial charge in [0.2, 0.25) is 10.0 Å². The van der Waals surface area contributed by atoms with E-state index in [1.807, 2.05) is 18.2 Å². The van der Waals surface area contributed by atoms with Gasteiger partial charge in [-0.2, -0.15) is 10.2 Å². The molecule has 0 aliphatic heterocycles. The molecule has 5 heterocycles. The number of H-pyrrole nitrogens is 3.